The molecule has 0 spiro atoms. The topological polar surface area (TPSA) is 37.3 Å². The number of carboxylic acids is 1. The molecule has 4 heteroatoms. The molecule has 1 atom stereocenters. The van der Waals surface area contributed by atoms with Crippen LogP contribution < -0.4 is 0 Å². The lowest BCUT2D eigenvalue weighted by molar-refractivity contribution is -0.138. The zero-order valence-electron chi connectivity index (χ0n) is 9.67. The number of carboxylic acid groups (broad SMARTS) is 1. The Hall–Kier alpha value is -1.32. The summed E-state index contributed by atoms with van der Waals surface area (Å²) in [6, 6.07) is 11.1. The van der Waals surface area contributed by atoms with Gasteiger partial charge in [0, 0.05) is 9.90 Å². The van der Waals surface area contributed by atoms with Crippen molar-refractivity contribution in [2.75, 3.05) is 0 Å². The summed E-state index contributed by atoms with van der Waals surface area (Å²) < 4.78 is 0. The first-order valence-corrected chi connectivity index (χ1v) is 6.93. The molecule has 0 aliphatic rings. The van der Waals surface area contributed by atoms with E-state index in [4.69, 9.17) is 11.6 Å². The maximum Gasteiger partial charge on any atom is 0.310 e. The fraction of sp³-hybridized carbons (Fsp3) is 0.214. The van der Waals surface area contributed by atoms with E-state index in [0.717, 1.165) is 12.0 Å². The summed E-state index contributed by atoms with van der Waals surface area (Å²) in [5.74, 6) is -1.29. The molecule has 1 unspecified atom stereocenters. The Morgan fingerprint density at radius 1 is 1.33 bits per heavy atom. The van der Waals surface area contributed by atoms with Crippen LogP contribution in [0.4, 0.5) is 0 Å². The number of benzene rings is 1. The van der Waals surface area contributed by atoms with Crippen LogP contribution in [0.1, 0.15) is 22.8 Å². The molecule has 2 aromatic rings. The van der Waals surface area contributed by atoms with Crippen LogP contribution in [0.5, 0.6) is 0 Å². The summed E-state index contributed by atoms with van der Waals surface area (Å²) in [5.41, 5.74) is 0.770. The Labute approximate surface area is 115 Å². The number of rotatable bonds is 5. The predicted molar refractivity (Wildman–Crippen MR) is 74.5 cm³/mol. The van der Waals surface area contributed by atoms with E-state index in [-0.39, 0.29) is 0 Å². The van der Waals surface area contributed by atoms with Crippen molar-refractivity contribution in [1.82, 2.24) is 0 Å². The fourth-order valence-electron chi connectivity index (χ4n) is 1.90. The highest BCUT2D eigenvalue weighted by molar-refractivity contribution is 7.09. The number of halogens is 1. The molecule has 0 bridgehead atoms. The van der Waals surface area contributed by atoms with Crippen molar-refractivity contribution in [3.63, 3.8) is 0 Å². The summed E-state index contributed by atoms with van der Waals surface area (Å²) >= 11 is 7.56. The fourth-order valence-corrected chi connectivity index (χ4v) is 2.82. The van der Waals surface area contributed by atoms with Gasteiger partial charge in [-0.05, 0) is 42.0 Å². The Morgan fingerprint density at radius 3 is 2.78 bits per heavy atom. The van der Waals surface area contributed by atoms with Gasteiger partial charge in [0.2, 0.25) is 0 Å². The third kappa shape index (κ3) is 3.34. The molecular formula is C14H13ClO2S. The minimum Gasteiger partial charge on any atom is -0.481 e. The third-order valence-corrected chi connectivity index (χ3v) is 3.98. The average Bonchev–Trinajstić information content (AvgIpc) is 2.82. The standard InChI is InChI=1S/C14H13ClO2S/c15-11-4-1-3-10(9-11)13(14(16)17)7-6-12-5-2-8-18-12/h1-5,8-9,13H,6-7H2,(H,16,17). The van der Waals surface area contributed by atoms with Crippen molar-refractivity contribution < 1.29 is 9.90 Å². The number of aliphatic carboxylic acids is 1. The molecule has 0 saturated heterocycles. The van der Waals surface area contributed by atoms with Crippen LogP contribution in [-0.2, 0) is 11.2 Å². The van der Waals surface area contributed by atoms with Crippen molar-refractivity contribution in [2.45, 2.75) is 18.8 Å². The lowest BCUT2D eigenvalue weighted by Gasteiger charge is -2.12. The minimum atomic E-state index is -0.797. The second-order valence-electron chi connectivity index (χ2n) is 4.06. The van der Waals surface area contributed by atoms with E-state index in [2.05, 4.69) is 0 Å². The molecule has 1 N–H and O–H groups in total. The highest BCUT2D eigenvalue weighted by Crippen LogP contribution is 2.25. The van der Waals surface area contributed by atoms with Crippen LogP contribution in [0.25, 0.3) is 0 Å². The number of aryl methyl sites for hydroxylation is 1. The summed E-state index contributed by atoms with van der Waals surface area (Å²) in [6.45, 7) is 0. The summed E-state index contributed by atoms with van der Waals surface area (Å²) in [6.07, 6.45) is 1.37. The van der Waals surface area contributed by atoms with Crippen molar-refractivity contribution in [3.8, 4) is 0 Å². The van der Waals surface area contributed by atoms with Crippen LogP contribution >= 0.6 is 22.9 Å². The molecule has 94 valence electrons. The SMILES string of the molecule is O=C(O)C(CCc1cccs1)c1cccc(Cl)c1. The van der Waals surface area contributed by atoms with Gasteiger partial charge in [-0.3, -0.25) is 4.79 Å². The zero-order valence-corrected chi connectivity index (χ0v) is 11.2. The van der Waals surface area contributed by atoms with Gasteiger partial charge in [0.15, 0.2) is 0 Å². The molecule has 1 heterocycles. The van der Waals surface area contributed by atoms with E-state index in [1.165, 1.54) is 4.88 Å². The quantitative estimate of drug-likeness (QED) is 0.891. The van der Waals surface area contributed by atoms with Crippen LogP contribution in [0, 0.1) is 0 Å². The lowest BCUT2D eigenvalue weighted by Crippen LogP contribution is -2.12. The lowest BCUT2D eigenvalue weighted by atomic mass is 9.94. The monoisotopic (exact) mass is 280 g/mol. The Balaban J connectivity index is 2.11. The van der Waals surface area contributed by atoms with E-state index in [9.17, 15) is 9.90 Å². The van der Waals surface area contributed by atoms with Gasteiger partial charge in [-0.1, -0.05) is 29.8 Å². The molecule has 1 aromatic heterocycles. The van der Waals surface area contributed by atoms with Gasteiger partial charge in [0.25, 0.3) is 0 Å². The smallest absolute Gasteiger partial charge is 0.310 e. The molecule has 1 aromatic carbocycles. The van der Waals surface area contributed by atoms with Crippen LogP contribution in [-0.4, -0.2) is 11.1 Å². The van der Waals surface area contributed by atoms with Crippen molar-refractivity contribution in [3.05, 3.63) is 57.2 Å². The maximum absolute atomic E-state index is 11.3. The normalized spacial score (nSPS) is 12.3. The largest absolute Gasteiger partial charge is 0.481 e. The Kier molecular flexibility index (Phi) is 4.39. The van der Waals surface area contributed by atoms with Crippen molar-refractivity contribution in [1.29, 1.82) is 0 Å². The molecule has 18 heavy (non-hydrogen) atoms. The van der Waals surface area contributed by atoms with Gasteiger partial charge in [-0.2, -0.15) is 0 Å². The highest BCUT2D eigenvalue weighted by Gasteiger charge is 2.19. The summed E-state index contributed by atoms with van der Waals surface area (Å²) in [7, 11) is 0. The van der Waals surface area contributed by atoms with Gasteiger partial charge < -0.3 is 5.11 Å². The summed E-state index contributed by atoms with van der Waals surface area (Å²) in [4.78, 5) is 12.5. The number of thiophene rings is 1. The molecule has 0 amide bonds. The predicted octanol–water partition coefficient (Wildman–Crippen LogP) is 4.20. The first kappa shape index (κ1) is 13.1. The third-order valence-electron chi connectivity index (χ3n) is 2.81. The second-order valence-corrected chi connectivity index (χ2v) is 5.53. The van der Waals surface area contributed by atoms with Crippen LogP contribution in [0.15, 0.2) is 41.8 Å². The molecule has 2 rings (SSSR count). The molecule has 0 aliphatic carbocycles. The number of hydrogen-bond donors (Lipinski definition) is 1. The van der Waals surface area contributed by atoms with Gasteiger partial charge in [0.1, 0.15) is 0 Å². The van der Waals surface area contributed by atoms with Gasteiger partial charge in [-0.25, -0.2) is 0 Å². The van der Waals surface area contributed by atoms with Crippen LogP contribution in [0.3, 0.4) is 0 Å². The molecule has 0 radical (unpaired) electrons. The van der Waals surface area contributed by atoms with Crippen molar-refractivity contribution >= 4 is 28.9 Å². The van der Waals surface area contributed by atoms with Crippen LogP contribution in [0.2, 0.25) is 5.02 Å². The van der Waals surface area contributed by atoms with E-state index >= 15 is 0 Å². The molecule has 0 saturated carbocycles. The Bertz CT molecular complexity index is 522. The molecule has 0 aliphatic heterocycles. The van der Waals surface area contributed by atoms with E-state index < -0.39 is 11.9 Å². The second kappa shape index (κ2) is 6.03. The Morgan fingerprint density at radius 2 is 2.17 bits per heavy atom. The van der Waals surface area contributed by atoms with Crippen molar-refractivity contribution in [2.24, 2.45) is 0 Å². The van der Waals surface area contributed by atoms with Gasteiger partial charge in [-0.15, -0.1) is 11.3 Å². The summed E-state index contributed by atoms with van der Waals surface area (Å²) in [5, 5.41) is 11.9. The molecule has 2 nitrogen and oxygen atoms in total. The molecular weight excluding hydrogens is 268 g/mol. The van der Waals surface area contributed by atoms with E-state index in [0.29, 0.717) is 11.4 Å². The van der Waals surface area contributed by atoms with Gasteiger partial charge in [0.05, 0.1) is 5.92 Å². The first-order chi connectivity index (χ1) is 8.66. The average molecular weight is 281 g/mol. The van der Waals surface area contributed by atoms with E-state index in [1.54, 1.807) is 29.5 Å². The minimum absolute atomic E-state index is 0.495. The highest BCUT2D eigenvalue weighted by atomic mass is 35.5. The zero-order chi connectivity index (χ0) is 13.0. The number of carbonyl (C=O) groups is 1. The number of hydrogen-bond acceptors (Lipinski definition) is 2. The van der Waals surface area contributed by atoms with Gasteiger partial charge >= 0.3 is 5.97 Å². The van der Waals surface area contributed by atoms with E-state index in [1.807, 2.05) is 23.6 Å². The molecule has 0 fully saturated rings. The first-order valence-electron chi connectivity index (χ1n) is 5.67. The maximum atomic E-state index is 11.3.